The highest BCUT2D eigenvalue weighted by Gasteiger charge is 2.12. The van der Waals surface area contributed by atoms with Crippen LogP contribution in [0.15, 0.2) is 30.3 Å². The summed E-state index contributed by atoms with van der Waals surface area (Å²) in [4.78, 5) is 1.81. The third-order valence-corrected chi connectivity index (χ3v) is 3.33. The summed E-state index contributed by atoms with van der Waals surface area (Å²) in [5, 5.41) is 12.7. The molecule has 22 heavy (non-hydrogen) atoms. The summed E-state index contributed by atoms with van der Waals surface area (Å²) < 4.78 is 5.34. The van der Waals surface area contributed by atoms with Crippen LogP contribution in [-0.4, -0.2) is 34.8 Å². The Bertz CT molecular complexity index is 539. The number of ether oxygens (including phenoxy) is 1. The van der Waals surface area contributed by atoms with Gasteiger partial charge < -0.3 is 10.1 Å². The van der Waals surface area contributed by atoms with Crippen LogP contribution >= 0.6 is 0 Å². The summed E-state index contributed by atoms with van der Waals surface area (Å²) >= 11 is 0. The first kappa shape index (κ1) is 16.6. The van der Waals surface area contributed by atoms with E-state index in [9.17, 15) is 0 Å². The molecule has 120 valence electrons. The zero-order chi connectivity index (χ0) is 15.6. The first-order chi connectivity index (χ1) is 10.8. The second kappa shape index (κ2) is 9.33. The molecule has 5 nitrogen and oxygen atoms in total. The molecular formula is C17H26N4O. The first-order valence-corrected chi connectivity index (χ1v) is 8.13. The largest absolute Gasteiger partial charge is 0.382 e. The fourth-order valence-corrected chi connectivity index (χ4v) is 2.27. The van der Waals surface area contributed by atoms with Gasteiger partial charge in [-0.1, -0.05) is 37.3 Å². The van der Waals surface area contributed by atoms with E-state index in [0.717, 1.165) is 62.6 Å². The Kier molecular flexibility index (Phi) is 7.06. The van der Waals surface area contributed by atoms with Crippen LogP contribution in [0.5, 0.6) is 0 Å². The molecule has 2 aromatic rings. The molecular weight excluding hydrogens is 276 g/mol. The highest BCUT2D eigenvalue weighted by molar-refractivity contribution is 5.60. The SMILES string of the molecule is CCCn1nc(CNCCCOCC)c(-c2ccccc2)n1. The van der Waals surface area contributed by atoms with Gasteiger partial charge in [0.2, 0.25) is 0 Å². The Morgan fingerprint density at radius 3 is 2.68 bits per heavy atom. The number of hydrogen-bond acceptors (Lipinski definition) is 4. The van der Waals surface area contributed by atoms with Gasteiger partial charge in [0.15, 0.2) is 0 Å². The van der Waals surface area contributed by atoms with Crippen molar-refractivity contribution in [3.8, 4) is 11.3 Å². The number of benzene rings is 1. The van der Waals surface area contributed by atoms with E-state index < -0.39 is 0 Å². The third-order valence-electron chi connectivity index (χ3n) is 3.33. The molecule has 5 heteroatoms. The normalized spacial score (nSPS) is 11.0. The van der Waals surface area contributed by atoms with Crippen molar-refractivity contribution in [2.75, 3.05) is 19.8 Å². The predicted molar refractivity (Wildman–Crippen MR) is 88.6 cm³/mol. The van der Waals surface area contributed by atoms with Gasteiger partial charge >= 0.3 is 0 Å². The van der Waals surface area contributed by atoms with Gasteiger partial charge in [-0.25, -0.2) is 0 Å². The second-order valence-corrected chi connectivity index (χ2v) is 5.18. The van der Waals surface area contributed by atoms with E-state index in [0.29, 0.717) is 0 Å². The Labute approximate surface area is 132 Å². The summed E-state index contributed by atoms with van der Waals surface area (Å²) in [6, 6.07) is 10.3. The van der Waals surface area contributed by atoms with E-state index in [-0.39, 0.29) is 0 Å². The standard InChI is InChI=1S/C17H26N4O/c1-3-12-21-19-16(14-18-11-8-13-22-4-2)17(20-21)15-9-6-5-7-10-15/h5-7,9-10,18H,3-4,8,11-14H2,1-2H3. The predicted octanol–water partition coefficient (Wildman–Crippen LogP) is 2.87. The quantitative estimate of drug-likeness (QED) is 0.686. The van der Waals surface area contributed by atoms with Gasteiger partial charge in [0, 0.05) is 25.3 Å². The Morgan fingerprint density at radius 2 is 1.95 bits per heavy atom. The zero-order valence-corrected chi connectivity index (χ0v) is 13.6. The molecule has 0 radical (unpaired) electrons. The van der Waals surface area contributed by atoms with Crippen LogP contribution in [-0.2, 0) is 17.8 Å². The number of nitrogens with one attached hydrogen (secondary N) is 1. The van der Waals surface area contributed by atoms with Crippen molar-refractivity contribution in [3.05, 3.63) is 36.0 Å². The number of rotatable bonds is 10. The summed E-state index contributed by atoms with van der Waals surface area (Å²) in [5.74, 6) is 0. The monoisotopic (exact) mass is 302 g/mol. The molecule has 0 saturated heterocycles. The van der Waals surface area contributed by atoms with Crippen molar-refractivity contribution in [3.63, 3.8) is 0 Å². The van der Waals surface area contributed by atoms with E-state index in [2.05, 4.69) is 34.6 Å². The maximum atomic E-state index is 5.34. The molecule has 0 atom stereocenters. The lowest BCUT2D eigenvalue weighted by molar-refractivity contribution is 0.144. The van der Waals surface area contributed by atoms with Crippen LogP contribution in [0.25, 0.3) is 11.3 Å². The maximum Gasteiger partial charge on any atom is 0.117 e. The van der Waals surface area contributed by atoms with Crippen LogP contribution in [0.2, 0.25) is 0 Å². The molecule has 0 aliphatic carbocycles. The van der Waals surface area contributed by atoms with Crippen LogP contribution in [0, 0.1) is 0 Å². The van der Waals surface area contributed by atoms with Crippen molar-refractivity contribution in [1.82, 2.24) is 20.3 Å². The molecule has 0 unspecified atom stereocenters. The minimum absolute atomic E-state index is 0.736. The molecule has 0 bridgehead atoms. The van der Waals surface area contributed by atoms with Gasteiger partial charge in [-0.05, 0) is 26.3 Å². The van der Waals surface area contributed by atoms with Crippen molar-refractivity contribution >= 4 is 0 Å². The van der Waals surface area contributed by atoms with Crippen LogP contribution in [0.3, 0.4) is 0 Å². The fourth-order valence-electron chi connectivity index (χ4n) is 2.27. The number of hydrogen-bond donors (Lipinski definition) is 1. The number of aromatic nitrogens is 3. The Hall–Kier alpha value is -1.72. The van der Waals surface area contributed by atoms with Gasteiger partial charge in [-0.2, -0.15) is 15.0 Å². The minimum Gasteiger partial charge on any atom is -0.382 e. The molecule has 1 aromatic heterocycles. The van der Waals surface area contributed by atoms with Crippen LogP contribution < -0.4 is 5.32 Å². The number of nitrogens with zero attached hydrogens (tertiary/aromatic N) is 3. The Morgan fingerprint density at radius 1 is 1.14 bits per heavy atom. The van der Waals surface area contributed by atoms with Gasteiger partial charge in [0.05, 0.1) is 6.54 Å². The average molecular weight is 302 g/mol. The van der Waals surface area contributed by atoms with Gasteiger partial charge in [0.1, 0.15) is 11.4 Å². The summed E-state index contributed by atoms with van der Waals surface area (Å²) in [6.07, 6.45) is 2.04. The molecule has 0 fully saturated rings. The average Bonchev–Trinajstić information content (AvgIpc) is 2.95. The molecule has 0 aliphatic heterocycles. The maximum absolute atomic E-state index is 5.34. The summed E-state index contributed by atoms with van der Waals surface area (Å²) in [5.41, 5.74) is 3.11. The van der Waals surface area contributed by atoms with Gasteiger partial charge in [-0.15, -0.1) is 0 Å². The van der Waals surface area contributed by atoms with Gasteiger partial charge in [0.25, 0.3) is 0 Å². The van der Waals surface area contributed by atoms with E-state index in [1.807, 2.05) is 25.1 Å². The minimum atomic E-state index is 0.736. The van der Waals surface area contributed by atoms with E-state index in [1.165, 1.54) is 0 Å². The molecule has 1 aromatic carbocycles. The van der Waals surface area contributed by atoms with Crippen molar-refractivity contribution in [2.24, 2.45) is 0 Å². The molecule has 0 spiro atoms. The van der Waals surface area contributed by atoms with E-state index in [1.54, 1.807) is 4.80 Å². The summed E-state index contributed by atoms with van der Waals surface area (Å²) in [7, 11) is 0. The molecule has 0 saturated carbocycles. The fraction of sp³-hybridized carbons (Fsp3) is 0.529. The lowest BCUT2D eigenvalue weighted by Crippen LogP contribution is -2.17. The first-order valence-electron chi connectivity index (χ1n) is 8.13. The molecule has 1 N–H and O–H groups in total. The lowest BCUT2D eigenvalue weighted by atomic mass is 10.1. The van der Waals surface area contributed by atoms with Crippen molar-refractivity contribution in [2.45, 2.75) is 39.8 Å². The second-order valence-electron chi connectivity index (χ2n) is 5.18. The molecule has 2 rings (SSSR count). The highest BCUT2D eigenvalue weighted by atomic mass is 16.5. The third kappa shape index (κ3) is 4.93. The van der Waals surface area contributed by atoms with Crippen molar-refractivity contribution in [1.29, 1.82) is 0 Å². The van der Waals surface area contributed by atoms with Crippen LogP contribution in [0.4, 0.5) is 0 Å². The highest BCUT2D eigenvalue weighted by Crippen LogP contribution is 2.19. The zero-order valence-electron chi connectivity index (χ0n) is 13.6. The summed E-state index contributed by atoms with van der Waals surface area (Å²) in [6.45, 7) is 8.25. The molecule has 0 amide bonds. The smallest absolute Gasteiger partial charge is 0.117 e. The molecule has 1 heterocycles. The van der Waals surface area contributed by atoms with Crippen LogP contribution in [0.1, 0.15) is 32.4 Å². The van der Waals surface area contributed by atoms with E-state index in [4.69, 9.17) is 4.74 Å². The molecule has 0 aliphatic rings. The van der Waals surface area contributed by atoms with E-state index >= 15 is 0 Å². The number of aryl methyl sites for hydroxylation is 1. The van der Waals surface area contributed by atoms with Crippen molar-refractivity contribution < 1.29 is 4.74 Å². The Balaban J connectivity index is 1.99. The lowest BCUT2D eigenvalue weighted by Gasteiger charge is -2.04. The van der Waals surface area contributed by atoms with Gasteiger partial charge in [-0.3, -0.25) is 0 Å². The topological polar surface area (TPSA) is 52.0 Å².